The minimum atomic E-state index is -0.422. The first-order valence-electron chi connectivity index (χ1n) is 11.2. The molecular weight excluding hydrogens is 417 g/mol. The number of hydrogen-bond donors (Lipinski definition) is 2. The topological polar surface area (TPSA) is 83.8 Å². The molecule has 5 rings (SSSR count). The van der Waals surface area contributed by atoms with Gasteiger partial charge in [-0.15, -0.1) is 0 Å². The third kappa shape index (κ3) is 3.92. The van der Waals surface area contributed by atoms with E-state index in [1.54, 1.807) is 10.7 Å². The van der Waals surface area contributed by atoms with Gasteiger partial charge in [-0.05, 0) is 36.5 Å². The molecule has 0 aliphatic rings. The third-order valence-corrected chi connectivity index (χ3v) is 5.89. The number of halogens is 1. The number of anilines is 1. The summed E-state index contributed by atoms with van der Waals surface area (Å²) in [5.74, 6) is 0.807. The summed E-state index contributed by atoms with van der Waals surface area (Å²) in [6, 6.07) is 9.77. The van der Waals surface area contributed by atoms with Crippen LogP contribution in [0.1, 0.15) is 43.5 Å². The van der Waals surface area contributed by atoms with Crippen LogP contribution in [0.2, 0.25) is 0 Å². The highest BCUT2D eigenvalue weighted by molar-refractivity contribution is 5.84. The van der Waals surface area contributed by atoms with Crippen LogP contribution in [0.4, 0.5) is 10.3 Å². The van der Waals surface area contributed by atoms with Gasteiger partial charge in [-0.2, -0.15) is 14.6 Å². The van der Waals surface area contributed by atoms with Crippen LogP contribution in [0, 0.1) is 5.82 Å². The summed E-state index contributed by atoms with van der Waals surface area (Å²) in [7, 11) is 0. The Balaban J connectivity index is 1.50. The van der Waals surface area contributed by atoms with Crippen molar-refractivity contribution in [1.29, 1.82) is 0 Å². The Morgan fingerprint density at radius 2 is 1.97 bits per heavy atom. The van der Waals surface area contributed by atoms with E-state index in [-0.39, 0.29) is 5.92 Å². The van der Waals surface area contributed by atoms with Gasteiger partial charge in [-0.25, -0.2) is 9.37 Å². The smallest absolute Gasteiger partial charge is 0.227 e. The lowest BCUT2D eigenvalue weighted by molar-refractivity contribution is 0.622. The van der Waals surface area contributed by atoms with Crippen molar-refractivity contribution in [1.82, 2.24) is 29.5 Å². The van der Waals surface area contributed by atoms with Gasteiger partial charge in [0.1, 0.15) is 5.82 Å². The fourth-order valence-corrected chi connectivity index (χ4v) is 4.22. The molecule has 0 aliphatic heterocycles. The van der Waals surface area contributed by atoms with E-state index in [2.05, 4.69) is 64.3 Å². The molecule has 4 aromatic heterocycles. The van der Waals surface area contributed by atoms with Gasteiger partial charge in [0.15, 0.2) is 11.5 Å². The number of aryl methyl sites for hydroxylation is 1. The summed E-state index contributed by atoms with van der Waals surface area (Å²) >= 11 is 0. The van der Waals surface area contributed by atoms with E-state index >= 15 is 0 Å². The summed E-state index contributed by atoms with van der Waals surface area (Å²) in [4.78, 5) is 16.9. The van der Waals surface area contributed by atoms with Crippen molar-refractivity contribution in [2.75, 3.05) is 11.9 Å². The number of nitrogens with one attached hydrogen (secondary N) is 2. The van der Waals surface area contributed by atoms with Crippen molar-refractivity contribution in [2.24, 2.45) is 0 Å². The molecule has 2 N–H and O–H groups in total. The number of pyridine rings is 1. The molecule has 0 aliphatic carbocycles. The molecular formula is C25H26FN7. The first kappa shape index (κ1) is 21.1. The first-order valence-corrected chi connectivity index (χ1v) is 11.2. The third-order valence-electron chi connectivity index (χ3n) is 5.89. The van der Waals surface area contributed by atoms with Crippen molar-refractivity contribution >= 4 is 22.5 Å². The number of nitrogens with zero attached hydrogens (tertiary/aromatic N) is 5. The summed E-state index contributed by atoms with van der Waals surface area (Å²) < 4.78 is 15.5. The Bertz CT molecular complexity index is 1430. The fourth-order valence-electron chi connectivity index (χ4n) is 4.22. The summed E-state index contributed by atoms with van der Waals surface area (Å²) in [6.45, 7) is 7.02. The van der Waals surface area contributed by atoms with Gasteiger partial charge in [0.25, 0.3) is 0 Å². The highest BCUT2D eigenvalue weighted by atomic mass is 19.1. The van der Waals surface area contributed by atoms with E-state index in [1.165, 1.54) is 28.9 Å². The van der Waals surface area contributed by atoms with Crippen LogP contribution in [0.3, 0.4) is 0 Å². The number of aromatic amines is 1. The van der Waals surface area contributed by atoms with E-state index in [0.29, 0.717) is 29.5 Å². The van der Waals surface area contributed by atoms with Gasteiger partial charge in [0.05, 0.1) is 12.4 Å². The van der Waals surface area contributed by atoms with Gasteiger partial charge in [0.2, 0.25) is 5.95 Å². The van der Waals surface area contributed by atoms with Crippen LogP contribution < -0.4 is 5.32 Å². The molecule has 168 valence electrons. The van der Waals surface area contributed by atoms with Gasteiger partial charge in [0, 0.05) is 40.5 Å². The second kappa shape index (κ2) is 8.61. The summed E-state index contributed by atoms with van der Waals surface area (Å²) in [5, 5.41) is 9.21. The van der Waals surface area contributed by atoms with Crippen molar-refractivity contribution in [3.63, 3.8) is 0 Å². The number of aromatic nitrogens is 6. The molecule has 4 heterocycles. The fraction of sp³-hybridized carbons (Fsp3) is 0.280. The Hall–Kier alpha value is -3.81. The molecule has 1 aromatic carbocycles. The number of fused-ring (bicyclic) bond motifs is 2. The van der Waals surface area contributed by atoms with E-state index in [9.17, 15) is 4.39 Å². The van der Waals surface area contributed by atoms with E-state index < -0.39 is 5.82 Å². The Kier molecular flexibility index (Phi) is 5.50. The van der Waals surface area contributed by atoms with Crippen LogP contribution in [-0.2, 0) is 12.8 Å². The number of hydrogen-bond acceptors (Lipinski definition) is 5. The van der Waals surface area contributed by atoms with Crippen molar-refractivity contribution in [3.05, 3.63) is 71.6 Å². The SMILES string of the molecule is CCc1[nH]c2ccccc2c1CCNc1nc(-c2cncc(F)c2)nc2c(C(C)C)cnn12. The predicted molar refractivity (Wildman–Crippen MR) is 128 cm³/mol. The average molecular weight is 444 g/mol. The van der Waals surface area contributed by atoms with Crippen LogP contribution >= 0.6 is 0 Å². The zero-order valence-corrected chi connectivity index (χ0v) is 18.9. The molecule has 7 nitrogen and oxygen atoms in total. The van der Waals surface area contributed by atoms with Gasteiger partial charge in [-0.3, -0.25) is 4.98 Å². The molecule has 0 bridgehead atoms. The molecule has 0 amide bonds. The molecule has 0 spiro atoms. The maximum Gasteiger partial charge on any atom is 0.227 e. The molecule has 5 aromatic rings. The second-order valence-electron chi connectivity index (χ2n) is 8.41. The van der Waals surface area contributed by atoms with Gasteiger partial charge in [-0.1, -0.05) is 39.0 Å². The maximum atomic E-state index is 13.8. The largest absolute Gasteiger partial charge is 0.358 e. The molecule has 0 saturated heterocycles. The van der Waals surface area contributed by atoms with Crippen LogP contribution in [-0.4, -0.2) is 36.1 Å². The Morgan fingerprint density at radius 3 is 2.76 bits per heavy atom. The monoisotopic (exact) mass is 443 g/mol. The van der Waals surface area contributed by atoms with E-state index in [4.69, 9.17) is 4.98 Å². The molecule has 8 heteroatoms. The Labute approximate surface area is 191 Å². The molecule has 0 atom stereocenters. The normalized spacial score (nSPS) is 11.7. The van der Waals surface area contributed by atoms with Crippen LogP contribution in [0.25, 0.3) is 27.9 Å². The lowest BCUT2D eigenvalue weighted by atomic mass is 10.1. The molecule has 0 unspecified atom stereocenters. The van der Waals surface area contributed by atoms with E-state index in [0.717, 1.165) is 23.9 Å². The van der Waals surface area contributed by atoms with Crippen LogP contribution in [0.5, 0.6) is 0 Å². The van der Waals surface area contributed by atoms with Crippen LogP contribution in [0.15, 0.2) is 48.9 Å². The zero-order chi connectivity index (χ0) is 22.9. The molecule has 0 fully saturated rings. The second-order valence-corrected chi connectivity index (χ2v) is 8.41. The standard InChI is InChI=1S/C25H26FN7/c1-4-21-19(18-7-5-6-8-22(18)30-21)9-10-28-25-32-23(16-11-17(26)13-27-12-16)31-24-20(15(2)3)14-29-33(24)25/h5-8,11-15,30H,4,9-10H2,1-3H3,(H,28,31,32). The number of rotatable bonds is 7. The number of benzene rings is 1. The summed E-state index contributed by atoms with van der Waals surface area (Å²) in [5.41, 5.74) is 5.96. The predicted octanol–water partition coefficient (Wildman–Crippen LogP) is 5.15. The Morgan fingerprint density at radius 1 is 1.12 bits per heavy atom. The van der Waals surface area contributed by atoms with Crippen molar-refractivity contribution in [3.8, 4) is 11.4 Å². The number of H-pyrrole nitrogens is 1. The van der Waals surface area contributed by atoms with Gasteiger partial charge >= 0.3 is 0 Å². The molecule has 33 heavy (non-hydrogen) atoms. The van der Waals surface area contributed by atoms with E-state index in [1.807, 2.05) is 12.3 Å². The summed E-state index contributed by atoms with van der Waals surface area (Å²) in [6.07, 6.45) is 6.33. The minimum Gasteiger partial charge on any atom is -0.358 e. The number of para-hydroxylation sites is 1. The highest BCUT2D eigenvalue weighted by Gasteiger charge is 2.17. The quantitative estimate of drug-likeness (QED) is 0.364. The minimum absolute atomic E-state index is 0.238. The zero-order valence-electron chi connectivity index (χ0n) is 18.9. The van der Waals surface area contributed by atoms with Gasteiger partial charge < -0.3 is 10.3 Å². The first-order chi connectivity index (χ1) is 16.0. The van der Waals surface area contributed by atoms with Crippen molar-refractivity contribution < 1.29 is 4.39 Å². The average Bonchev–Trinajstić information content (AvgIpc) is 3.40. The lowest BCUT2D eigenvalue weighted by Crippen LogP contribution is -2.13. The highest BCUT2D eigenvalue weighted by Crippen LogP contribution is 2.26. The molecule has 0 saturated carbocycles. The van der Waals surface area contributed by atoms with Crippen molar-refractivity contribution in [2.45, 2.75) is 39.5 Å². The maximum absolute atomic E-state index is 13.8. The molecule has 0 radical (unpaired) electrons. The lowest BCUT2D eigenvalue weighted by Gasteiger charge is -2.11.